The number of H-pyrrole nitrogens is 1. The standard InChI is InChI=1S/C22H23F2N3O/c1-28-19-9-6-16(21(24)11-19)13-27-10-2-3-17(14-27)22-20(12-25-26-22)15-4-7-18(23)8-5-15/h4-9,11-12,17H,2-3,10,13-14H2,1H3,(H,25,26)/t17-/m0/s1. The Morgan fingerprint density at radius 1 is 1.18 bits per heavy atom. The average molecular weight is 383 g/mol. The number of aromatic nitrogens is 2. The molecule has 4 nitrogen and oxygen atoms in total. The van der Waals surface area contributed by atoms with Crippen LogP contribution in [0.2, 0.25) is 0 Å². The van der Waals surface area contributed by atoms with Crippen molar-refractivity contribution in [3.63, 3.8) is 0 Å². The number of halogens is 2. The maximum Gasteiger partial charge on any atom is 0.131 e. The Morgan fingerprint density at radius 2 is 2.00 bits per heavy atom. The molecule has 0 radical (unpaired) electrons. The number of nitrogens with one attached hydrogen (secondary N) is 1. The van der Waals surface area contributed by atoms with Crippen LogP contribution in [0.4, 0.5) is 8.78 Å². The molecule has 1 fully saturated rings. The van der Waals surface area contributed by atoms with Crippen LogP contribution in [0.3, 0.4) is 0 Å². The molecule has 0 bridgehead atoms. The Balaban J connectivity index is 1.50. The second-order valence-corrected chi connectivity index (χ2v) is 7.24. The molecular weight excluding hydrogens is 360 g/mol. The second kappa shape index (κ2) is 8.10. The lowest BCUT2D eigenvalue weighted by atomic mass is 9.90. The lowest BCUT2D eigenvalue weighted by Crippen LogP contribution is -2.34. The largest absolute Gasteiger partial charge is 0.497 e. The zero-order valence-electron chi connectivity index (χ0n) is 15.8. The van der Waals surface area contributed by atoms with Crippen molar-refractivity contribution in [2.45, 2.75) is 25.3 Å². The quantitative estimate of drug-likeness (QED) is 0.692. The minimum Gasteiger partial charge on any atom is -0.497 e. The fourth-order valence-electron chi connectivity index (χ4n) is 3.93. The second-order valence-electron chi connectivity index (χ2n) is 7.24. The predicted molar refractivity (Wildman–Crippen MR) is 104 cm³/mol. The van der Waals surface area contributed by atoms with Gasteiger partial charge in [-0.3, -0.25) is 10.00 Å². The molecule has 1 saturated heterocycles. The molecule has 1 N–H and O–H groups in total. The van der Waals surface area contributed by atoms with Crippen molar-refractivity contribution in [1.29, 1.82) is 0 Å². The lowest BCUT2D eigenvalue weighted by molar-refractivity contribution is 0.196. The summed E-state index contributed by atoms with van der Waals surface area (Å²) in [5.74, 6) is 0.311. The minimum absolute atomic E-state index is 0.241. The zero-order valence-corrected chi connectivity index (χ0v) is 15.8. The van der Waals surface area contributed by atoms with Gasteiger partial charge < -0.3 is 4.74 Å². The summed E-state index contributed by atoms with van der Waals surface area (Å²) < 4.78 is 32.7. The van der Waals surface area contributed by atoms with Gasteiger partial charge in [-0.2, -0.15) is 5.10 Å². The molecule has 0 unspecified atom stereocenters. The van der Waals surface area contributed by atoms with E-state index in [1.807, 2.05) is 0 Å². The molecule has 1 aromatic heterocycles. The van der Waals surface area contributed by atoms with Gasteiger partial charge in [0.1, 0.15) is 17.4 Å². The van der Waals surface area contributed by atoms with Gasteiger partial charge in [0.2, 0.25) is 0 Å². The molecule has 1 atom stereocenters. The highest BCUT2D eigenvalue weighted by Crippen LogP contribution is 2.33. The summed E-state index contributed by atoms with van der Waals surface area (Å²) in [4.78, 5) is 2.27. The molecule has 28 heavy (non-hydrogen) atoms. The summed E-state index contributed by atoms with van der Waals surface area (Å²) >= 11 is 0. The number of piperidine rings is 1. The van der Waals surface area contributed by atoms with Gasteiger partial charge in [0.15, 0.2) is 0 Å². The first-order chi connectivity index (χ1) is 13.6. The van der Waals surface area contributed by atoms with E-state index < -0.39 is 0 Å². The summed E-state index contributed by atoms with van der Waals surface area (Å²) in [7, 11) is 1.53. The van der Waals surface area contributed by atoms with E-state index in [-0.39, 0.29) is 17.6 Å². The normalized spacial score (nSPS) is 17.6. The molecule has 0 saturated carbocycles. The number of rotatable bonds is 5. The third kappa shape index (κ3) is 3.92. The van der Waals surface area contributed by atoms with Crippen LogP contribution in [0, 0.1) is 11.6 Å². The highest BCUT2D eigenvalue weighted by molar-refractivity contribution is 5.65. The van der Waals surface area contributed by atoms with Crippen LogP contribution in [0.25, 0.3) is 11.1 Å². The number of likely N-dealkylation sites (tertiary alicyclic amines) is 1. The molecule has 0 aliphatic carbocycles. The maximum atomic E-state index is 14.3. The van der Waals surface area contributed by atoms with Gasteiger partial charge in [-0.15, -0.1) is 0 Å². The van der Waals surface area contributed by atoms with E-state index in [9.17, 15) is 8.78 Å². The van der Waals surface area contributed by atoms with Crippen molar-refractivity contribution in [3.8, 4) is 16.9 Å². The monoisotopic (exact) mass is 383 g/mol. The highest BCUT2D eigenvalue weighted by Gasteiger charge is 2.25. The molecule has 1 aliphatic heterocycles. The molecule has 4 rings (SSSR count). The van der Waals surface area contributed by atoms with Crippen molar-refractivity contribution in [2.75, 3.05) is 20.2 Å². The number of methoxy groups -OCH3 is 1. The summed E-state index contributed by atoms with van der Waals surface area (Å²) in [5, 5.41) is 7.37. The molecule has 146 valence electrons. The van der Waals surface area contributed by atoms with Gasteiger partial charge in [-0.25, -0.2) is 8.78 Å². The predicted octanol–water partition coefficient (Wildman–Crippen LogP) is 4.74. The van der Waals surface area contributed by atoms with E-state index in [1.54, 1.807) is 30.5 Å². The van der Waals surface area contributed by atoms with Crippen molar-refractivity contribution in [1.82, 2.24) is 15.1 Å². The van der Waals surface area contributed by atoms with Gasteiger partial charge >= 0.3 is 0 Å². The number of hydrogen-bond acceptors (Lipinski definition) is 3. The highest BCUT2D eigenvalue weighted by atomic mass is 19.1. The topological polar surface area (TPSA) is 41.1 Å². The van der Waals surface area contributed by atoms with Crippen LogP contribution in [0.1, 0.15) is 30.0 Å². The van der Waals surface area contributed by atoms with Crippen LogP contribution < -0.4 is 4.74 Å². The fourth-order valence-corrected chi connectivity index (χ4v) is 3.93. The number of ether oxygens (including phenoxy) is 1. The Kier molecular flexibility index (Phi) is 5.39. The number of hydrogen-bond donors (Lipinski definition) is 1. The van der Waals surface area contributed by atoms with Gasteiger partial charge in [0.25, 0.3) is 0 Å². The van der Waals surface area contributed by atoms with E-state index in [2.05, 4.69) is 15.1 Å². The van der Waals surface area contributed by atoms with Crippen molar-refractivity contribution >= 4 is 0 Å². The van der Waals surface area contributed by atoms with Crippen molar-refractivity contribution in [2.24, 2.45) is 0 Å². The fraction of sp³-hybridized carbons (Fsp3) is 0.318. The SMILES string of the molecule is COc1ccc(CN2CCC[C@H](c3[nH]ncc3-c3ccc(F)cc3)C2)c(F)c1. The maximum absolute atomic E-state index is 14.3. The van der Waals surface area contributed by atoms with Gasteiger partial charge in [0.05, 0.1) is 13.3 Å². The van der Waals surface area contributed by atoms with Crippen LogP contribution in [0.5, 0.6) is 5.75 Å². The van der Waals surface area contributed by atoms with Gasteiger partial charge in [-0.05, 0) is 43.1 Å². The third-order valence-corrected chi connectivity index (χ3v) is 5.39. The Morgan fingerprint density at radius 3 is 2.75 bits per heavy atom. The Hall–Kier alpha value is -2.73. The molecule has 3 aromatic rings. The number of nitrogens with zero attached hydrogens (tertiary/aromatic N) is 2. The minimum atomic E-state index is -0.251. The smallest absolute Gasteiger partial charge is 0.131 e. The van der Waals surface area contributed by atoms with E-state index in [1.165, 1.54) is 25.3 Å². The summed E-state index contributed by atoms with van der Waals surface area (Å²) in [6.07, 6.45) is 3.87. The Bertz CT molecular complexity index is 939. The van der Waals surface area contributed by atoms with Gasteiger partial charge in [0, 0.05) is 41.9 Å². The van der Waals surface area contributed by atoms with Crippen LogP contribution in [-0.2, 0) is 6.54 Å². The molecule has 0 amide bonds. The van der Waals surface area contributed by atoms with E-state index in [4.69, 9.17) is 4.74 Å². The first-order valence-corrected chi connectivity index (χ1v) is 9.48. The lowest BCUT2D eigenvalue weighted by Gasteiger charge is -2.32. The van der Waals surface area contributed by atoms with E-state index in [0.29, 0.717) is 17.9 Å². The van der Waals surface area contributed by atoms with E-state index >= 15 is 0 Å². The van der Waals surface area contributed by atoms with Crippen molar-refractivity contribution < 1.29 is 13.5 Å². The summed E-state index contributed by atoms with van der Waals surface area (Å²) in [5.41, 5.74) is 3.68. The zero-order chi connectivity index (χ0) is 19.5. The van der Waals surface area contributed by atoms with Crippen LogP contribution in [0.15, 0.2) is 48.7 Å². The summed E-state index contributed by atoms with van der Waals surface area (Å²) in [6, 6.07) is 11.5. The Labute approximate surface area is 163 Å². The molecule has 1 aliphatic rings. The van der Waals surface area contributed by atoms with Crippen LogP contribution >= 0.6 is 0 Å². The molecule has 2 aromatic carbocycles. The molecule has 6 heteroatoms. The molecule has 2 heterocycles. The average Bonchev–Trinajstić information content (AvgIpc) is 3.20. The van der Waals surface area contributed by atoms with E-state index in [0.717, 1.165) is 42.8 Å². The number of aromatic amines is 1. The number of benzene rings is 2. The molecular formula is C22H23F2N3O. The summed E-state index contributed by atoms with van der Waals surface area (Å²) in [6.45, 7) is 2.32. The first-order valence-electron chi connectivity index (χ1n) is 9.48. The molecule has 0 spiro atoms. The van der Waals surface area contributed by atoms with Gasteiger partial charge in [-0.1, -0.05) is 18.2 Å². The first kappa shape index (κ1) is 18.6. The van der Waals surface area contributed by atoms with Crippen molar-refractivity contribution in [3.05, 3.63) is 71.6 Å². The van der Waals surface area contributed by atoms with Crippen LogP contribution in [-0.4, -0.2) is 35.3 Å². The third-order valence-electron chi connectivity index (χ3n) is 5.39.